The van der Waals surface area contributed by atoms with E-state index in [1.54, 1.807) is 27.7 Å². The number of thioether (sulfide) groups is 1. The third kappa shape index (κ3) is 5.23. The normalized spacial score (nSPS) is 14.8. The molecule has 5 aromatic rings. The summed E-state index contributed by atoms with van der Waals surface area (Å²) in [6.45, 7) is 9.27. The summed E-state index contributed by atoms with van der Waals surface area (Å²) in [6, 6.07) is 18.4. The molecule has 39 heavy (non-hydrogen) atoms. The molecule has 0 unspecified atom stereocenters. The highest BCUT2D eigenvalue weighted by Gasteiger charge is 2.32. The standard InChI is InChI=1S/C30H32N4O3S2/c1-19(2)37-22-12-10-21(11-13-22)18-38-29-32-31-28-33(15-14-20-8-6-5-7-9-20)26(35)25-23-16-30(3,4)36-17-24(23)39-27(25)34(28)29/h5-13,19H,14-18H2,1-4H3. The smallest absolute Gasteiger partial charge is 0.263 e. The van der Waals surface area contributed by atoms with E-state index in [-0.39, 0.29) is 17.3 Å². The molecular weight excluding hydrogens is 528 g/mol. The summed E-state index contributed by atoms with van der Waals surface area (Å²) in [7, 11) is 0. The number of hydrogen-bond acceptors (Lipinski definition) is 7. The summed E-state index contributed by atoms with van der Waals surface area (Å²) < 4.78 is 15.8. The molecule has 4 heterocycles. The molecule has 0 atom stereocenters. The molecule has 0 fully saturated rings. The van der Waals surface area contributed by atoms with Crippen molar-refractivity contribution in [3.05, 3.63) is 86.5 Å². The first-order valence-corrected chi connectivity index (χ1v) is 15.1. The van der Waals surface area contributed by atoms with Crippen molar-refractivity contribution in [3.63, 3.8) is 0 Å². The molecule has 0 radical (unpaired) electrons. The van der Waals surface area contributed by atoms with Crippen LogP contribution in [0.5, 0.6) is 5.75 Å². The molecule has 0 saturated heterocycles. The van der Waals surface area contributed by atoms with E-state index in [0.717, 1.165) is 43.7 Å². The molecule has 6 rings (SSSR count). The maximum atomic E-state index is 14.0. The minimum absolute atomic E-state index is 0.00771. The average Bonchev–Trinajstić information content (AvgIpc) is 3.49. The van der Waals surface area contributed by atoms with E-state index in [1.165, 1.54) is 11.1 Å². The summed E-state index contributed by atoms with van der Waals surface area (Å²) in [5.74, 6) is 2.18. The lowest BCUT2D eigenvalue weighted by Gasteiger charge is -2.29. The van der Waals surface area contributed by atoms with Gasteiger partial charge >= 0.3 is 0 Å². The largest absolute Gasteiger partial charge is 0.491 e. The molecule has 2 aromatic carbocycles. The van der Waals surface area contributed by atoms with E-state index in [1.807, 2.05) is 44.2 Å². The van der Waals surface area contributed by atoms with Crippen LogP contribution in [0.15, 0.2) is 64.5 Å². The second-order valence-electron chi connectivity index (χ2n) is 10.8. The number of rotatable bonds is 8. The summed E-state index contributed by atoms with van der Waals surface area (Å²) in [4.78, 5) is 16.1. The van der Waals surface area contributed by atoms with Crippen LogP contribution in [0.25, 0.3) is 16.0 Å². The highest BCUT2D eigenvalue weighted by atomic mass is 32.2. The van der Waals surface area contributed by atoms with Gasteiger partial charge in [0.05, 0.1) is 23.7 Å². The quantitative estimate of drug-likeness (QED) is 0.208. The molecule has 1 aliphatic heterocycles. The first kappa shape index (κ1) is 26.1. The van der Waals surface area contributed by atoms with Gasteiger partial charge in [-0.3, -0.25) is 9.36 Å². The highest BCUT2D eigenvalue weighted by molar-refractivity contribution is 7.98. The number of aromatic nitrogens is 4. The number of benzene rings is 2. The lowest BCUT2D eigenvalue weighted by Crippen LogP contribution is -2.32. The highest BCUT2D eigenvalue weighted by Crippen LogP contribution is 2.39. The predicted molar refractivity (Wildman–Crippen MR) is 157 cm³/mol. The molecule has 0 saturated carbocycles. The van der Waals surface area contributed by atoms with Crippen molar-refractivity contribution >= 4 is 39.1 Å². The summed E-state index contributed by atoms with van der Waals surface area (Å²) >= 11 is 3.26. The van der Waals surface area contributed by atoms with Crippen LogP contribution < -0.4 is 10.3 Å². The van der Waals surface area contributed by atoms with E-state index in [9.17, 15) is 4.79 Å². The molecule has 9 heteroatoms. The van der Waals surface area contributed by atoms with Crippen LogP contribution in [0, 0.1) is 0 Å². The van der Waals surface area contributed by atoms with Crippen LogP contribution in [0.1, 0.15) is 49.3 Å². The molecular formula is C30H32N4O3S2. The van der Waals surface area contributed by atoms with Crippen LogP contribution in [0.3, 0.4) is 0 Å². The Morgan fingerprint density at radius 1 is 1.08 bits per heavy atom. The second kappa shape index (κ2) is 10.4. The van der Waals surface area contributed by atoms with Gasteiger partial charge in [-0.2, -0.15) is 0 Å². The molecule has 3 aromatic heterocycles. The maximum Gasteiger partial charge on any atom is 0.263 e. The van der Waals surface area contributed by atoms with Gasteiger partial charge in [0.1, 0.15) is 10.6 Å². The van der Waals surface area contributed by atoms with Gasteiger partial charge in [-0.05, 0) is 62.9 Å². The zero-order valence-corrected chi connectivity index (χ0v) is 24.3. The predicted octanol–water partition coefficient (Wildman–Crippen LogP) is 6.28. The molecule has 0 bridgehead atoms. The topological polar surface area (TPSA) is 70.7 Å². The zero-order chi connectivity index (χ0) is 27.1. The fraction of sp³-hybridized carbons (Fsp3) is 0.367. The van der Waals surface area contributed by atoms with Crippen molar-refractivity contribution in [2.24, 2.45) is 0 Å². The Bertz CT molecular complexity index is 1690. The number of fused-ring (bicyclic) bond motifs is 5. The van der Waals surface area contributed by atoms with Crippen molar-refractivity contribution in [2.75, 3.05) is 0 Å². The lowest BCUT2D eigenvalue weighted by molar-refractivity contribution is -0.0379. The summed E-state index contributed by atoms with van der Waals surface area (Å²) in [5.41, 5.74) is 3.16. The van der Waals surface area contributed by atoms with E-state index in [4.69, 9.17) is 9.47 Å². The molecule has 1 aliphatic rings. The van der Waals surface area contributed by atoms with Gasteiger partial charge in [0.2, 0.25) is 5.78 Å². The van der Waals surface area contributed by atoms with Crippen LogP contribution in [0.2, 0.25) is 0 Å². The van der Waals surface area contributed by atoms with Crippen LogP contribution >= 0.6 is 23.1 Å². The van der Waals surface area contributed by atoms with Crippen LogP contribution in [-0.4, -0.2) is 30.9 Å². The van der Waals surface area contributed by atoms with Gasteiger partial charge in [-0.15, -0.1) is 21.5 Å². The fourth-order valence-electron chi connectivity index (χ4n) is 5.02. The maximum absolute atomic E-state index is 14.0. The Morgan fingerprint density at radius 3 is 2.59 bits per heavy atom. The van der Waals surface area contributed by atoms with Gasteiger partial charge in [0.25, 0.3) is 5.56 Å². The summed E-state index contributed by atoms with van der Waals surface area (Å²) in [6.07, 6.45) is 1.59. The minimum Gasteiger partial charge on any atom is -0.491 e. The molecule has 0 N–H and O–H groups in total. The first-order chi connectivity index (χ1) is 18.8. The van der Waals surface area contributed by atoms with Crippen LogP contribution in [0.4, 0.5) is 0 Å². The molecule has 0 amide bonds. The zero-order valence-electron chi connectivity index (χ0n) is 22.6. The second-order valence-corrected chi connectivity index (χ2v) is 12.8. The molecule has 0 aliphatic carbocycles. The monoisotopic (exact) mass is 560 g/mol. The molecule has 202 valence electrons. The van der Waals surface area contributed by atoms with Crippen molar-refractivity contribution in [3.8, 4) is 5.75 Å². The number of ether oxygens (including phenoxy) is 2. The Balaban J connectivity index is 1.41. The lowest BCUT2D eigenvalue weighted by atomic mass is 9.94. The van der Waals surface area contributed by atoms with Crippen molar-refractivity contribution in [2.45, 2.75) is 76.3 Å². The minimum atomic E-state index is -0.312. The number of thiophene rings is 1. The Morgan fingerprint density at radius 2 is 1.85 bits per heavy atom. The number of hydrogen-bond donors (Lipinski definition) is 0. The number of nitrogens with zero attached hydrogens (tertiary/aromatic N) is 4. The van der Waals surface area contributed by atoms with Gasteiger partial charge < -0.3 is 9.47 Å². The van der Waals surface area contributed by atoms with E-state index in [0.29, 0.717) is 25.4 Å². The Kier molecular flexibility index (Phi) is 6.99. The van der Waals surface area contributed by atoms with Crippen LogP contribution in [-0.2, 0) is 36.5 Å². The third-order valence-electron chi connectivity index (χ3n) is 6.92. The van der Waals surface area contributed by atoms with E-state index in [2.05, 4.69) is 52.7 Å². The van der Waals surface area contributed by atoms with Gasteiger partial charge in [0.15, 0.2) is 5.16 Å². The van der Waals surface area contributed by atoms with Gasteiger partial charge in [0, 0.05) is 23.6 Å². The Hall–Kier alpha value is -3.14. The first-order valence-electron chi connectivity index (χ1n) is 13.3. The van der Waals surface area contributed by atoms with E-state index >= 15 is 0 Å². The third-order valence-corrected chi connectivity index (χ3v) is 9.11. The fourth-order valence-corrected chi connectivity index (χ4v) is 7.19. The summed E-state index contributed by atoms with van der Waals surface area (Å²) in [5, 5.41) is 10.7. The average molecular weight is 561 g/mol. The molecule has 0 spiro atoms. The molecule has 7 nitrogen and oxygen atoms in total. The van der Waals surface area contributed by atoms with Crippen molar-refractivity contribution in [1.29, 1.82) is 0 Å². The number of aryl methyl sites for hydroxylation is 2. The van der Waals surface area contributed by atoms with Crippen molar-refractivity contribution < 1.29 is 9.47 Å². The van der Waals surface area contributed by atoms with Gasteiger partial charge in [-0.25, -0.2) is 4.40 Å². The van der Waals surface area contributed by atoms with Crippen molar-refractivity contribution in [1.82, 2.24) is 19.2 Å². The Labute approximate surface area is 235 Å². The van der Waals surface area contributed by atoms with E-state index < -0.39 is 0 Å². The SMILES string of the molecule is CC(C)Oc1ccc(CSc2nnc3n(CCc4ccccc4)c(=O)c4c5c(sc4n23)COC(C)(C)C5)cc1. The van der Waals surface area contributed by atoms with Gasteiger partial charge in [-0.1, -0.05) is 54.2 Å².